The molecule has 0 saturated heterocycles. The topological polar surface area (TPSA) is 95.4 Å². The molecule has 170 valence electrons. The highest BCUT2D eigenvalue weighted by molar-refractivity contribution is 6.15. The molecule has 0 saturated carbocycles. The van der Waals surface area contributed by atoms with Crippen LogP contribution < -0.4 is 5.32 Å². The summed E-state index contributed by atoms with van der Waals surface area (Å²) >= 11 is 0. The minimum Gasteiger partial charge on any atom is -0.505 e. The van der Waals surface area contributed by atoms with Crippen LogP contribution in [0.4, 0.5) is 4.39 Å². The number of phenols is 1. The minimum absolute atomic E-state index is 0.108. The third kappa shape index (κ3) is 3.83. The van der Waals surface area contributed by atoms with Crippen LogP contribution in [0.3, 0.4) is 0 Å². The SMILES string of the molecule is CN1Cc2c(c(O)c3ncc(Cc4ccc(F)cc4)cc3c2C(=O)NCc2ccccn2)C1=O. The number of carbonyl (C=O) groups excluding carboxylic acids is 2. The van der Waals surface area contributed by atoms with E-state index in [2.05, 4.69) is 15.3 Å². The maximum Gasteiger partial charge on any atom is 0.258 e. The summed E-state index contributed by atoms with van der Waals surface area (Å²) in [4.78, 5) is 36.2. The quantitative estimate of drug-likeness (QED) is 0.479. The number of fused-ring (bicyclic) bond motifs is 2. The van der Waals surface area contributed by atoms with Gasteiger partial charge in [0.25, 0.3) is 11.8 Å². The molecular weight excluding hydrogens is 435 g/mol. The normalized spacial score (nSPS) is 12.8. The number of rotatable bonds is 5. The molecule has 8 heteroatoms. The number of nitrogens with zero attached hydrogens (tertiary/aromatic N) is 3. The van der Waals surface area contributed by atoms with Crippen LogP contribution in [0.5, 0.6) is 5.75 Å². The maximum absolute atomic E-state index is 13.4. The zero-order chi connectivity index (χ0) is 23.8. The summed E-state index contributed by atoms with van der Waals surface area (Å²) in [6, 6.07) is 13.4. The second kappa shape index (κ2) is 8.55. The van der Waals surface area contributed by atoms with Gasteiger partial charge >= 0.3 is 0 Å². The molecule has 2 aromatic carbocycles. The lowest BCUT2D eigenvalue weighted by atomic mass is 9.94. The van der Waals surface area contributed by atoms with E-state index in [0.29, 0.717) is 28.6 Å². The van der Waals surface area contributed by atoms with E-state index < -0.39 is 0 Å². The van der Waals surface area contributed by atoms with Gasteiger partial charge < -0.3 is 15.3 Å². The maximum atomic E-state index is 13.4. The van der Waals surface area contributed by atoms with E-state index in [1.165, 1.54) is 17.0 Å². The second-order valence-corrected chi connectivity index (χ2v) is 8.29. The van der Waals surface area contributed by atoms with Crippen LogP contribution in [0.2, 0.25) is 0 Å². The van der Waals surface area contributed by atoms with Gasteiger partial charge in [-0.15, -0.1) is 0 Å². The highest BCUT2D eigenvalue weighted by atomic mass is 19.1. The van der Waals surface area contributed by atoms with Gasteiger partial charge in [0.05, 0.1) is 23.4 Å². The first-order valence-electron chi connectivity index (χ1n) is 10.8. The number of amides is 2. The zero-order valence-electron chi connectivity index (χ0n) is 18.4. The Bertz CT molecular complexity index is 1420. The Morgan fingerprint density at radius 3 is 2.68 bits per heavy atom. The number of halogens is 1. The van der Waals surface area contributed by atoms with Crippen molar-refractivity contribution in [3.63, 3.8) is 0 Å². The molecule has 0 unspecified atom stereocenters. The highest BCUT2D eigenvalue weighted by Gasteiger charge is 2.35. The van der Waals surface area contributed by atoms with Crippen molar-refractivity contribution in [1.29, 1.82) is 0 Å². The monoisotopic (exact) mass is 456 g/mol. The summed E-state index contributed by atoms with van der Waals surface area (Å²) in [5, 5.41) is 14.2. The average molecular weight is 456 g/mol. The Morgan fingerprint density at radius 1 is 1.15 bits per heavy atom. The van der Waals surface area contributed by atoms with Crippen LogP contribution in [-0.4, -0.2) is 38.8 Å². The molecule has 0 fully saturated rings. The first-order chi connectivity index (χ1) is 16.4. The van der Waals surface area contributed by atoms with Crippen molar-refractivity contribution in [2.24, 2.45) is 0 Å². The summed E-state index contributed by atoms with van der Waals surface area (Å²) in [6.45, 7) is 0.412. The Balaban J connectivity index is 1.60. The molecule has 5 rings (SSSR count). The Morgan fingerprint density at radius 2 is 1.94 bits per heavy atom. The number of carbonyl (C=O) groups is 2. The molecule has 1 aliphatic rings. The van der Waals surface area contributed by atoms with Gasteiger partial charge in [-0.05, 0) is 47.9 Å². The molecule has 34 heavy (non-hydrogen) atoms. The van der Waals surface area contributed by atoms with Crippen LogP contribution >= 0.6 is 0 Å². The summed E-state index contributed by atoms with van der Waals surface area (Å²) in [7, 11) is 1.62. The summed E-state index contributed by atoms with van der Waals surface area (Å²) < 4.78 is 13.3. The molecule has 1 aliphatic heterocycles. The fourth-order valence-corrected chi connectivity index (χ4v) is 4.28. The molecule has 0 bridgehead atoms. The average Bonchev–Trinajstić information content (AvgIpc) is 3.14. The molecule has 2 amide bonds. The molecule has 0 spiro atoms. The molecule has 0 radical (unpaired) electrons. The Hall–Kier alpha value is -4.33. The van der Waals surface area contributed by atoms with Crippen LogP contribution in [0.25, 0.3) is 10.9 Å². The molecule has 3 heterocycles. The van der Waals surface area contributed by atoms with E-state index in [-0.39, 0.29) is 47.6 Å². The van der Waals surface area contributed by atoms with E-state index in [0.717, 1.165) is 11.1 Å². The van der Waals surface area contributed by atoms with Crippen molar-refractivity contribution in [2.75, 3.05) is 7.05 Å². The van der Waals surface area contributed by atoms with Gasteiger partial charge in [-0.25, -0.2) is 4.39 Å². The van der Waals surface area contributed by atoms with E-state index >= 15 is 0 Å². The molecule has 0 atom stereocenters. The second-order valence-electron chi connectivity index (χ2n) is 8.29. The smallest absolute Gasteiger partial charge is 0.258 e. The number of phenolic OH excluding ortho intramolecular Hbond substituents is 1. The van der Waals surface area contributed by atoms with Crippen molar-refractivity contribution >= 4 is 22.7 Å². The minimum atomic E-state index is -0.379. The van der Waals surface area contributed by atoms with Gasteiger partial charge in [0, 0.05) is 36.9 Å². The van der Waals surface area contributed by atoms with Crippen molar-refractivity contribution < 1.29 is 19.1 Å². The number of aromatic hydroxyl groups is 1. The number of hydrogen-bond donors (Lipinski definition) is 2. The van der Waals surface area contributed by atoms with E-state index in [1.807, 2.05) is 6.07 Å². The largest absolute Gasteiger partial charge is 0.505 e. The third-order valence-electron chi connectivity index (χ3n) is 5.94. The van der Waals surface area contributed by atoms with Crippen molar-refractivity contribution in [3.05, 3.63) is 100 Å². The summed E-state index contributed by atoms with van der Waals surface area (Å²) in [5.41, 5.74) is 3.43. The first kappa shape index (κ1) is 21.5. The van der Waals surface area contributed by atoms with Crippen LogP contribution in [0.1, 0.15) is 43.1 Å². The lowest BCUT2D eigenvalue weighted by Gasteiger charge is -2.14. The summed E-state index contributed by atoms with van der Waals surface area (Å²) in [5.74, 6) is -1.28. The van der Waals surface area contributed by atoms with Gasteiger partial charge in [0.15, 0.2) is 5.75 Å². The fraction of sp³-hybridized carbons (Fsp3) is 0.154. The molecule has 4 aromatic rings. The van der Waals surface area contributed by atoms with Crippen LogP contribution in [0.15, 0.2) is 60.9 Å². The lowest BCUT2D eigenvalue weighted by Crippen LogP contribution is -2.25. The Labute approximate surface area is 194 Å². The molecule has 0 aliphatic carbocycles. The van der Waals surface area contributed by atoms with Gasteiger partial charge in [0.2, 0.25) is 0 Å². The fourth-order valence-electron chi connectivity index (χ4n) is 4.28. The van der Waals surface area contributed by atoms with Crippen LogP contribution in [0, 0.1) is 5.82 Å². The van der Waals surface area contributed by atoms with E-state index in [1.54, 1.807) is 49.8 Å². The molecular formula is C26H21FN4O3. The lowest BCUT2D eigenvalue weighted by molar-refractivity contribution is 0.0813. The molecule has 7 nitrogen and oxygen atoms in total. The predicted molar refractivity (Wildman–Crippen MR) is 124 cm³/mol. The van der Waals surface area contributed by atoms with Crippen LogP contribution in [-0.2, 0) is 19.5 Å². The van der Waals surface area contributed by atoms with E-state index in [4.69, 9.17) is 0 Å². The number of pyridine rings is 2. The van der Waals surface area contributed by atoms with Gasteiger partial charge in [0.1, 0.15) is 11.3 Å². The first-order valence-corrected chi connectivity index (χ1v) is 10.8. The Kier molecular flexibility index (Phi) is 5.41. The highest BCUT2D eigenvalue weighted by Crippen LogP contribution is 2.39. The standard InChI is InChI=1S/C26H21FN4O3/c1-31-14-20-21(25(33)30-13-18-4-2-3-9-28-18)19-11-16(10-15-5-7-17(27)8-6-15)12-29-23(19)24(32)22(20)26(31)34/h2-9,11-12,32H,10,13-14H2,1H3,(H,30,33). The van der Waals surface area contributed by atoms with Gasteiger partial charge in [-0.2, -0.15) is 0 Å². The molecule has 2 N–H and O–H groups in total. The van der Waals surface area contributed by atoms with Crippen molar-refractivity contribution in [3.8, 4) is 5.75 Å². The van der Waals surface area contributed by atoms with E-state index in [9.17, 15) is 19.1 Å². The third-order valence-corrected chi connectivity index (χ3v) is 5.94. The zero-order valence-corrected chi connectivity index (χ0v) is 18.4. The van der Waals surface area contributed by atoms with Crippen molar-refractivity contribution in [1.82, 2.24) is 20.2 Å². The van der Waals surface area contributed by atoms with Gasteiger partial charge in [-0.3, -0.25) is 19.6 Å². The number of hydrogen-bond acceptors (Lipinski definition) is 5. The molecule has 2 aromatic heterocycles. The summed E-state index contributed by atoms with van der Waals surface area (Å²) in [6.07, 6.45) is 3.71. The predicted octanol–water partition coefficient (Wildman–Crippen LogP) is 3.58. The number of benzene rings is 2. The number of nitrogens with one attached hydrogen (secondary N) is 1. The van der Waals surface area contributed by atoms with Crippen molar-refractivity contribution in [2.45, 2.75) is 19.5 Å². The number of aromatic nitrogens is 2. The van der Waals surface area contributed by atoms with Gasteiger partial charge in [-0.1, -0.05) is 18.2 Å².